The number of aromatic nitrogens is 3. The highest BCUT2D eigenvalue weighted by Crippen LogP contribution is 2.27. The van der Waals surface area contributed by atoms with Crippen LogP contribution in [0.25, 0.3) is 11.4 Å². The molecule has 2 N–H and O–H groups in total. The summed E-state index contributed by atoms with van der Waals surface area (Å²) in [6.45, 7) is 6.20. The molecular formula is C13H15IN4. The SMILES string of the molecule is Cc1cnccc1-c1nc(N)c(I)c(C(C)C)n1. The van der Waals surface area contributed by atoms with Crippen molar-refractivity contribution in [1.29, 1.82) is 0 Å². The number of nitrogens with zero attached hydrogens (tertiary/aromatic N) is 3. The molecule has 0 spiro atoms. The third-order valence-electron chi connectivity index (χ3n) is 2.71. The Bertz CT molecular complexity index is 581. The van der Waals surface area contributed by atoms with Gasteiger partial charge in [0.15, 0.2) is 5.82 Å². The summed E-state index contributed by atoms with van der Waals surface area (Å²) >= 11 is 2.20. The van der Waals surface area contributed by atoms with Crippen LogP contribution in [0.5, 0.6) is 0 Å². The van der Waals surface area contributed by atoms with Crippen molar-refractivity contribution in [2.75, 3.05) is 5.73 Å². The highest BCUT2D eigenvalue weighted by atomic mass is 127. The Morgan fingerprint density at radius 1 is 1.28 bits per heavy atom. The summed E-state index contributed by atoms with van der Waals surface area (Å²) in [5.74, 6) is 1.54. The maximum absolute atomic E-state index is 5.97. The first-order valence-electron chi connectivity index (χ1n) is 5.74. The average Bonchev–Trinajstić information content (AvgIpc) is 2.33. The Balaban J connectivity index is 2.63. The van der Waals surface area contributed by atoms with E-state index < -0.39 is 0 Å². The first-order valence-corrected chi connectivity index (χ1v) is 6.82. The van der Waals surface area contributed by atoms with Gasteiger partial charge in [0, 0.05) is 18.0 Å². The molecule has 0 aromatic carbocycles. The van der Waals surface area contributed by atoms with Crippen molar-refractivity contribution in [2.24, 2.45) is 0 Å². The summed E-state index contributed by atoms with van der Waals surface area (Å²) in [7, 11) is 0. The van der Waals surface area contributed by atoms with Gasteiger partial charge in [-0.3, -0.25) is 4.98 Å². The van der Waals surface area contributed by atoms with E-state index >= 15 is 0 Å². The van der Waals surface area contributed by atoms with Gasteiger partial charge in [-0.15, -0.1) is 0 Å². The van der Waals surface area contributed by atoms with E-state index in [2.05, 4.69) is 51.4 Å². The van der Waals surface area contributed by atoms with Crippen LogP contribution in [0.1, 0.15) is 31.0 Å². The van der Waals surface area contributed by atoms with Crippen molar-refractivity contribution in [1.82, 2.24) is 15.0 Å². The van der Waals surface area contributed by atoms with Crippen molar-refractivity contribution >= 4 is 28.4 Å². The molecule has 2 rings (SSSR count). The Labute approximate surface area is 120 Å². The molecule has 0 bridgehead atoms. The van der Waals surface area contributed by atoms with Crippen molar-refractivity contribution < 1.29 is 0 Å². The normalized spacial score (nSPS) is 10.9. The second kappa shape index (κ2) is 5.17. The van der Waals surface area contributed by atoms with Gasteiger partial charge >= 0.3 is 0 Å². The van der Waals surface area contributed by atoms with Gasteiger partial charge in [0.25, 0.3) is 0 Å². The average molecular weight is 354 g/mol. The lowest BCUT2D eigenvalue weighted by atomic mass is 10.1. The fourth-order valence-electron chi connectivity index (χ4n) is 1.71. The summed E-state index contributed by atoms with van der Waals surface area (Å²) in [4.78, 5) is 13.1. The minimum atomic E-state index is 0.322. The Kier molecular flexibility index (Phi) is 3.79. The molecule has 0 fully saturated rings. The molecule has 0 aliphatic heterocycles. The molecule has 0 aliphatic carbocycles. The van der Waals surface area contributed by atoms with Crippen LogP contribution in [-0.2, 0) is 0 Å². The predicted octanol–water partition coefficient (Wildman–Crippen LogP) is 3.16. The van der Waals surface area contributed by atoms with E-state index in [1.165, 1.54) is 0 Å². The zero-order valence-electron chi connectivity index (χ0n) is 10.6. The van der Waals surface area contributed by atoms with Gasteiger partial charge < -0.3 is 5.73 Å². The smallest absolute Gasteiger partial charge is 0.162 e. The quantitative estimate of drug-likeness (QED) is 0.842. The summed E-state index contributed by atoms with van der Waals surface area (Å²) in [6, 6.07) is 1.92. The van der Waals surface area contributed by atoms with Crippen molar-refractivity contribution in [3.63, 3.8) is 0 Å². The van der Waals surface area contributed by atoms with Crippen LogP contribution in [0.15, 0.2) is 18.5 Å². The van der Waals surface area contributed by atoms with Crippen LogP contribution < -0.4 is 5.73 Å². The predicted molar refractivity (Wildman–Crippen MR) is 81.2 cm³/mol. The molecule has 2 heterocycles. The molecule has 0 radical (unpaired) electrons. The largest absolute Gasteiger partial charge is 0.383 e. The van der Waals surface area contributed by atoms with Gasteiger partial charge in [0.1, 0.15) is 5.82 Å². The molecule has 0 saturated carbocycles. The van der Waals surface area contributed by atoms with Crippen molar-refractivity contribution in [3.8, 4) is 11.4 Å². The fraction of sp³-hybridized carbons (Fsp3) is 0.308. The van der Waals surface area contributed by atoms with E-state index in [0.717, 1.165) is 20.4 Å². The number of hydrogen-bond acceptors (Lipinski definition) is 4. The van der Waals surface area contributed by atoms with Crippen LogP contribution in [0, 0.1) is 10.5 Å². The molecule has 0 atom stereocenters. The molecule has 0 unspecified atom stereocenters. The molecule has 5 heteroatoms. The summed E-state index contributed by atoms with van der Waals surface area (Å²) in [5.41, 5.74) is 9.00. The molecule has 0 saturated heterocycles. The maximum Gasteiger partial charge on any atom is 0.162 e. The fourth-order valence-corrected chi connectivity index (χ4v) is 2.57. The number of halogens is 1. The van der Waals surface area contributed by atoms with E-state index in [1.807, 2.05) is 19.2 Å². The van der Waals surface area contributed by atoms with Crippen LogP contribution in [0.3, 0.4) is 0 Å². The van der Waals surface area contributed by atoms with E-state index in [1.54, 1.807) is 6.20 Å². The number of anilines is 1. The summed E-state index contributed by atoms with van der Waals surface area (Å²) in [5, 5.41) is 0. The lowest BCUT2D eigenvalue weighted by Gasteiger charge is -2.12. The second-order valence-corrected chi connectivity index (χ2v) is 5.56. The van der Waals surface area contributed by atoms with Crippen LogP contribution in [-0.4, -0.2) is 15.0 Å². The number of nitrogens with two attached hydrogens (primary N) is 1. The van der Waals surface area contributed by atoms with Gasteiger partial charge in [-0.1, -0.05) is 13.8 Å². The lowest BCUT2D eigenvalue weighted by molar-refractivity contribution is 0.810. The van der Waals surface area contributed by atoms with Crippen LogP contribution >= 0.6 is 22.6 Å². The second-order valence-electron chi connectivity index (χ2n) is 4.48. The molecule has 4 nitrogen and oxygen atoms in total. The topological polar surface area (TPSA) is 64.7 Å². The first kappa shape index (κ1) is 13.2. The molecular weight excluding hydrogens is 339 g/mol. The van der Waals surface area contributed by atoms with Gasteiger partial charge in [-0.05, 0) is 47.1 Å². The highest BCUT2D eigenvalue weighted by molar-refractivity contribution is 14.1. The molecule has 94 valence electrons. The number of rotatable bonds is 2. The summed E-state index contributed by atoms with van der Waals surface area (Å²) in [6.07, 6.45) is 3.55. The Hall–Kier alpha value is -1.24. The van der Waals surface area contributed by atoms with Crippen molar-refractivity contribution in [3.05, 3.63) is 33.3 Å². The van der Waals surface area contributed by atoms with E-state index in [-0.39, 0.29) is 0 Å². The third-order valence-corrected chi connectivity index (χ3v) is 3.82. The Morgan fingerprint density at radius 3 is 2.61 bits per heavy atom. The van der Waals surface area contributed by atoms with Gasteiger partial charge in [-0.2, -0.15) is 0 Å². The first-order chi connectivity index (χ1) is 8.50. The summed E-state index contributed by atoms with van der Waals surface area (Å²) < 4.78 is 0.943. The van der Waals surface area contributed by atoms with Gasteiger partial charge in [-0.25, -0.2) is 9.97 Å². The van der Waals surface area contributed by atoms with E-state index in [4.69, 9.17) is 5.73 Å². The highest BCUT2D eigenvalue weighted by Gasteiger charge is 2.14. The van der Waals surface area contributed by atoms with E-state index in [9.17, 15) is 0 Å². The standard InChI is InChI=1S/C13H15IN4/c1-7(2)11-10(14)12(15)18-13(17-11)9-4-5-16-6-8(9)3/h4-7H,1-3H3,(H2,15,17,18). The van der Waals surface area contributed by atoms with Crippen LogP contribution in [0.4, 0.5) is 5.82 Å². The molecule has 18 heavy (non-hydrogen) atoms. The lowest BCUT2D eigenvalue weighted by Crippen LogP contribution is -2.06. The molecule has 0 aliphatic rings. The van der Waals surface area contributed by atoms with Crippen molar-refractivity contribution in [2.45, 2.75) is 26.7 Å². The number of nitrogen functional groups attached to an aromatic ring is 1. The molecule has 2 aromatic heterocycles. The van der Waals surface area contributed by atoms with Crippen LogP contribution in [0.2, 0.25) is 0 Å². The number of pyridine rings is 1. The maximum atomic E-state index is 5.97. The Morgan fingerprint density at radius 2 is 2.00 bits per heavy atom. The minimum absolute atomic E-state index is 0.322. The molecule has 2 aromatic rings. The number of aryl methyl sites for hydroxylation is 1. The zero-order valence-corrected chi connectivity index (χ0v) is 12.8. The molecule has 0 amide bonds. The monoisotopic (exact) mass is 354 g/mol. The zero-order chi connectivity index (χ0) is 13.3. The number of hydrogen-bond donors (Lipinski definition) is 1. The minimum Gasteiger partial charge on any atom is -0.383 e. The van der Waals surface area contributed by atoms with Gasteiger partial charge in [0.05, 0.1) is 9.26 Å². The van der Waals surface area contributed by atoms with Gasteiger partial charge in [0.2, 0.25) is 0 Å². The van der Waals surface area contributed by atoms with E-state index in [0.29, 0.717) is 17.6 Å². The third kappa shape index (κ3) is 2.45.